The first-order valence-corrected chi connectivity index (χ1v) is 7.17. The van der Waals surface area contributed by atoms with E-state index >= 15 is 0 Å². The van der Waals surface area contributed by atoms with Crippen molar-refractivity contribution in [2.45, 2.75) is 24.6 Å². The molecule has 0 aromatic carbocycles. The number of thioether (sulfide) groups is 1. The summed E-state index contributed by atoms with van der Waals surface area (Å²) in [5.74, 6) is 0.735. The lowest BCUT2D eigenvalue weighted by molar-refractivity contribution is 1.05. The van der Waals surface area contributed by atoms with Crippen LogP contribution in [0.3, 0.4) is 0 Å². The fraction of sp³-hybridized carbons (Fsp3) is 0.231. The van der Waals surface area contributed by atoms with E-state index in [9.17, 15) is 0 Å². The third-order valence-corrected chi connectivity index (χ3v) is 3.86. The second-order valence-corrected chi connectivity index (χ2v) is 5.80. The topological polar surface area (TPSA) is 25.8 Å². The van der Waals surface area contributed by atoms with Gasteiger partial charge in [-0.1, -0.05) is 23.2 Å². The molecule has 0 fully saturated rings. The van der Waals surface area contributed by atoms with Gasteiger partial charge in [0.25, 0.3) is 0 Å². The zero-order valence-electron chi connectivity index (χ0n) is 10.1. The summed E-state index contributed by atoms with van der Waals surface area (Å²) in [7, 11) is 0. The molecule has 2 heterocycles. The first-order chi connectivity index (χ1) is 8.54. The fourth-order valence-electron chi connectivity index (χ4n) is 1.57. The molecule has 2 aromatic rings. The Morgan fingerprint density at radius 1 is 1.17 bits per heavy atom. The Morgan fingerprint density at radius 2 is 1.94 bits per heavy atom. The van der Waals surface area contributed by atoms with Gasteiger partial charge in [0, 0.05) is 22.7 Å². The molecule has 0 N–H and O–H groups in total. The van der Waals surface area contributed by atoms with Gasteiger partial charge in [0.2, 0.25) is 0 Å². The molecule has 2 aromatic heterocycles. The summed E-state index contributed by atoms with van der Waals surface area (Å²) in [6.45, 7) is 4.06. The number of aryl methyl sites for hydroxylation is 2. The van der Waals surface area contributed by atoms with Gasteiger partial charge in [-0.05, 0) is 43.2 Å². The molecule has 0 radical (unpaired) electrons. The second-order valence-electron chi connectivity index (χ2n) is 4.01. The zero-order valence-corrected chi connectivity index (χ0v) is 12.4. The lowest BCUT2D eigenvalue weighted by Gasteiger charge is -2.05. The van der Waals surface area contributed by atoms with E-state index in [4.69, 9.17) is 23.2 Å². The van der Waals surface area contributed by atoms with Crippen LogP contribution < -0.4 is 0 Å². The van der Waals surface area contributed by atoms with Crippen LogP contribution >= 0.6 is 35.0 Å². The molecule has 0 aliphatic rings. The van der Waals surface area contributed by atoms with E-state index in [1.165, 1.54) is 5.56 Å². The Hall–Kier alpha value is -0.770. The van der Waals surface area contributed by atoms with Crippen molar-refractivity contribution in [2.75, 3.05) is 0 Å². The van der Waals surface area contributed by atoms with Gasteiger partial charge in [0.1, 0.15) is 5.15 Å². The van der Waals surface area contributed by atoms with Crippen LogP contribution in [0.4, 0.5) is 0 Å². The quantitative estimate of drug-likeness (QED) is 0.607. The molecule has 0 saturated carbocycles. The van der Waals surface area contributed by atoms with E-state index in [0.717, 1.165) is 22.0 Å². The third-order valence-electron chi connectivity index (χ3n) is 2.35. The highest BCUT2D eigenvalue weighted by atomic mass is 35.5. The number of hydrogen-bond donors (Lipinski definition) is 0. The Kier molecular flexibility index (Phi) is 4.49. The monoisotopic (exact) mass is 298 g/mol. The number of rotatable bonds is 3. The average Bonchev–Trinajstić information content (AvgIpc) is 2.26. The van der Waals surface area contributed by atoms with Gasteiger partial charge in [-0.2, -0.15) is 0 Å². The number of aromatic nitrogens is 2. The number of pyridine rings is 2. The fourth-order valence-corrected chi connectivity index (χ4v) is 3.10. The van der Waals surface area contributed by atoms with Crippen molar-refractivity contribution >= 4 is 35.0 Å². The summed E-state index contributed by atoms with van der Waals surface area (Å²) in [4.78, 5) is 8.50. The van der Waals surface area contributed by atoms with Gasteiger partial charge >= 0.3 is 0 Å². The molecule has 0 atom stereocenters. The van der Waals surface area contributed by atoms with Gasteiger partial charge in [0.15, 0.2) is 0 Å². The summed E-state index contributed by atoms with van der Waals surface area (Å²) in [6.07, 6.45) is 1.71. The molecular weight excluding hydrogens is 287 g/mol. The highest BCUT2D eigenvalue weighted by Crippen LogP contribution is 2.27. The molecular formula is C13H12Cl2N2S. The summed E-state index contributed by atoms with van der Waals surface area (Å²) >= 11 is 13.5. The van der Waals surface area contributed by atoms with Crippen LogP contribution in [0.25, 0.3) is 0 Å². The van der Waals surface area contributed by atoms with E-state index in [2.05, 4.69) is 29.0 Å². The SMILES string of the molecule is Cc1cc(C)nc(SCc2cnc(Cl)cc2Cl)c1. The largest absolute Gasteiger partial charge is 0.247 e. The molecule has 0 bridgehead atoms. The average molecular weight is 299 g/mol. The highest BCUT2D eigenvalue weighted by Gasteiger charge is 2.05. The zero-order chi connectivity index (χ0) is 13.1. The smallest absolute Gasteiger partial charge is 0.130 e. The van der Waals surface area contributed by atoms with E-state index in [0.29, 0.717) is 10.2 Å². The minimum Gasteiger partial charge on any atom is -0.247 e. The minimum absolute atomic E-state index is 0.415. The van der Waals surface area contributed by atoms with Gasteiger partial charge in [0.05, 0.1) is 5.03 Å². The summed E-state index contributed by atoms with van der Waals surface area (Å²) in [5, 5.41) is 2.06. The van der Waals surface area contributed by atoms with Crippen LogP contribution in [-0.4, -0.2) is 9.97 Å². The summed E-state index contributed by atoms with van der Waals surface area (Å²) in [6, 6.07) is 5.78. The van der Waals surface area contributed by atoms with Gasteiger partial charge in [-0.3, -0.25) is 0 Å². The van der Waals surface area contributed by atoms with Gasteiger partial charge < -0.3 is 0 Å². The maximum absolute atomic E-state index is 6.10. The first-order valence-electron chi connectivity index (χ1n) is 5.42. The van der Waals surface area contributed by atoms with Crippen LogP contribution in [0.15, 0.2) is 29.4 Å². The molecule has 18 heavy (non-hydrogen) atoms. The Balaban J connectivity index is 2.11. The molecule has 5 heteroatoms. The maximum atomic E-state index is 6.10. The molecule has 94 valence electrons. The predicted octanol–water partition coefficient (Wildman–Crippen LogP) is 4.69. The normalized spacial score (nSPS) is 10.7. The van der Waals surface area contributed by atoms with Crippen LogP contribution in [0.2, 0.25) is 10.2 Å². The minimum atomic E-state index is 0.415. The summed E-state index contributed by atoms with van der Waals surface area (Å²) < 4.78 is 0. The highest BCUT2D eigenvalue weighted by molar-refractivity contribution is 7.98. The molecule has 0 saturated heterocycles. The summed E-state index contributed by atoms with van der Waals surface area (Å²) in [5.41, 5.74) is 3.20. The number of nitrogens with zero attached hydrogens (tertiary/aromatic N) is 2. The molecule has 0 aliphatic carbocycles. The lowest BCUT2D eigenvalue weighted by Crippen LogP contribution is -1.89. The van der Waals surface area contributed by atoms with E-state index in [1.807, 2.05) is 6.92 Å². The number of hydrogen-bond acceptors (Lipinski definition) is 3. The molecule has 0 amide bonds. The van der Waals surface area contributed by atoms with E-state index < -0.39 is 0 Å². The van der Waals surface area contributed by atoms with Crippen LogP contribution in [0.1, 0.15) is 16.8 Å². The number of halogens is 2. The standard InChI is InChI=1S/C13H12Cl2N2S/c1-8-3-9(2)17-13(4-8)18-7-10-6-16-12(15)5-11(10)14/h3-6H,7H2,1-2H3. The van der Waals surface area contributed by atoms with Gasteiger partial charge in [-0.25, -0.2) is 9.97 Å². The van der Waals surface area contributed by atoms with Crippen molar-refractivity contribution in [3.63, 3.8) is 0 Å². The van der Waals surface area contributed by atoms with Crippen LogP contribution in [-0.2, 0) is 5.75 Å². The Labute approximate surface area is 121 Å². The van der Waals surface area contributed by atoms with Crippen molar-refractivity contribution in [1.29, 1.82) is 0 Å². The second kappa shape index (κ2) is 5.91. The molecule has 0 aliphatic heterocycles. The van der Waals surface area contributed by atoms with Crippen molar-refractivity contribution in [3.8, 4) is 0 Å². The lowest BCUT2D eigenvalue weighted by atomic mass is 10.3. The van der Waals surface area contributed by atoms with E-state index in [-0.39, 0.29) is 0 Å². The van der Waals surface area contributed by atoms with Crippen LogP contribution in [0.5, 0.6) is 0 Å². The van der Waals surface area contributed by atoms with Crippen molar-refractivity contribution in [3.05, 3.63) is 51.4 Å². The predicted molar refractivity (Wildman–Crippen MR) is 77.5 cm³/mol. The molecule has 0 spiro atoms. The Morgan fingerprint density at radius 3 is 2.61 bits per heavy atom. The third kappa shape index (κ3) is 3.61. The van der Waals surface area contributed by atoms with E-state index in [1.54, 1.807) is 24.0 Å². The maximum Gasteiger partial charge on any atom is 0.130 e. The van der Waals surface area contributed by atoms with Gasteiger partial charge in [-0.15, -0.1) is 11.8 Å². The van der Waals surface area contributed by atoms with Crippen molar-refractivity contribution < 1.29 is 0 Å². The van der Waals surface area contributed by atoms with Crippen LogP contribution in [0, 0.1) is 13.8 Å². The molecule has 2 nitrogen and oxygen atoms in total. The van der Waals surface area contributed by atoms with Crippen molar-refractivity contribution in [1.82, 2.24) is 9.97 Å². The Bertz CT molecular complexity index is 553. The first kappa shape index (κ1) is 13.7. The van der Waals surface area contributed by atoms with Crippen molar-refractivity contribution in [2.24, 2.45) is 0 Å². The molecule has 0 unspecified atom stereocenters. The molecule has 2 rings (SSSR count).